The first-order valence-corrected chi connectivity index (χ1v) is 8.86. The van der Waals surface area contributed by atoms with Crippen molar-refractivity contribution in [2.24, 2.45) is 5.73 Å². The third-order valence-corrected chi connectivity index (χ3v) is 5.55. The van der Waals surface area contributed by atoms with Crippen molar-refractivity contribution in [1.29, 1.82) is 0 Å². The average Bonchev–Trinajstić information content (AvgIpc) is 3.14. The zero-order valence-electron chi connectivity index (χ0n) is 12.3. The second-order valence-corrected chi connectivity index (χ2v) is 7.31. The molecule has 2 aromatic rings. The van der Waals surface area contributed by atoms with E-state index in [0.717, 1.165) is 10.6 Å². The molecule has 1 aliphatic heterocycles. The Morgan fingerprint density at radius 2 is 2.04 bits per heavy atom. The second kappa shape index (κ2) is 6.29. The summed E-state index contributed by atoms with van der Waals surface area (Å²) in [5, 5.41) is 0.732. The lowest BCUT2D eigenvalue weighted by Gasteiger charge is -2.20. The molecule has 0 aliphatic carbocycles. The number of thiazole rings is 1. The summed E-state index contributed by atoms with van der Waals surface area (Å²) in [6.07, 6.45) is 0. The van der Waals surface area contributed by atoms with Crippen molar-refractivity contribution in [2.45, 2.75) is 13.0 Å². The molecule has 0 saturated carbocycles. The van der Waals surface area contributed by atoms with E-state index < -0.39 is 11.9 Å². The number of thioether (sulfide) groups is 1. The van der Waals surface area contributed by atoms with E-state index in [1.807, 2.05) is 0 Å². The monoisotopic (exact) mass is 351 g/mol. The molecule has 2 amide bonds. The fourth-order valence-corrected chi connectivity index (χ4v) is 4.47. The van der Waals surface area contributed by atoms with Gasteiger partial charge < -0.3 is 10.6 Å². The molecular formula is C15H14FN3O2S2. The predicted octanol–water partition coefficient (Wildman–Crippen LogP) is 2.26. The molecule has 0 spiro atoms. The lowest BCUT2D eigenvalue weighted by atomic mass is 10.1. The van der Waals surface area contributed by atoms with Crippen LogP contribution in [-0.2, 0) is 4.79 Å². The number of amides is 2. The van der Waals surface area contributed by atoms with Crippen molar-refractivity contribution >= 4 is 34.9 Å². The summed E-state index contributed by atoms with van der Waals surface area (Å²) in [6.45, 7) is 1.80. The minimum Gasteiger partial charge on any atom is -0.368 e. The molecular weight excluding hydrogens is 337 g/mol. The van der Waals surface area contributed by atoms with E-state index in [-0.39, 0.29) is 17.4 Å². The Morgan fingerprint density at radius 3 is 2.70 bits per heavy atom. The molecule has 0 bridgehead atoms. The van der Waals surface area contributed by atoms with E-state index in [9.17, 15) is 14.0 Å². The van der Waals surface area contributed by atoms with Crippen LogP contribution in [0.5, 0.6) is 0 Å². The molecule has 1 aromatic heterocycles. The molecule has 5 nitrogen and oxygen atoms in total. The first-order valence-electron chi connectivity index (χ1n) is 6.89. The van der Waals surface area contributed by atoms with Crippen LogP contribution >= 0.6 is 23.1 Å². The van der Waals surface area contributed by atoms with Gasteiger partial charge in [-0.05, 0) is 24.6 Å². The topological polar surface area (TPSA) is 76.3 Å². The molecule has 120 valence electrons. The number of carbonyl (C=O) groups excluding carboxylic acids is 2. The lowest BCUT2D eigenvalue weighted by Crippen LogP contribution is -2.45. The zero-order valence-corrected chi connectivity index (χ0v) is 13.9. The van der Waals surface area contributed by atoms with E-state index in [0.29, 0.717) is 16.5 Å². The van der Waals surface area contributed by atoms with Gasteiger partial charge in [0.15, 0.2) is 0 Å². The Kier molecular flexibility index (Phi) is 4.36. The maximum absolute atomic E-state index is 13.1. The number of benzene rings is 1. The number of rotatable bonds is 3. The number of carbonyl (C=O) groups is 2. The summed E-state index contributed by atoms with van der Waals surface area (Å²) in [4.78, 5) is 30.8. The number of primary amides is 1. The maximum atomic E-state index is 13.1. The van der Waals surface area contributed by atoms with E-state index in [2.05, 4.69) is 4.98 Å². The fraction of sp³-hybridized carbons (Fsp3) is 0.267. The standard InChI is InChI=1S/C15H14FN3O2S2/c1-8-18-12(13(23-8)9-2-4-10(16)5-3-9)15(21)19-7-22-6-11(19)14(17)20/h2-5,11H,6-7H2,1H3,(H2,17,20)/t11-/m0/s1. The van der Waals surface area contributed by atoms with Crippen molar-refractivity contribution in [3.63, 3.8) is 0 Å². The van der Waals surface area contributed by atoms with Crippen molar-refractivity contribution in [2.75, 3.05) is 11.6 Å². The van der Waals surface area contributed by atoms with E-state index in [1.165, 1.54) is 40.1 Å². The number of nitrogens with zero attached hydrogens (tertiary/aromatic N) is 2. The van der Waals surface area contributed by atoms with Crippen LogP contribution in [0, 0.1) is 12.7 Å². The van der Waals surface area contributed by atoms with Crippen LogP contribution < -0.4 is 5.73 Å². The van der Waals surface area contributed by atoms with Gasteiger partial charge in [0.1, 0.15) is 17.6 Å². The molecule has 1 atom stereocenters. The molecule has 0 unspecified atom stereocenters. The van der Waals surface area contributed by atoms with E-state index >= 15 is 0 Å². The highest BCUT2D eigenvalue weighted by Gasteiger charge is 2.35. The number of nitrogens with two attached hydrogens (primary N) is 1. The minimum absolute atomic E-state index is 0.285. The SMILES string of the molecule is Cc1nc(C(=O)N2CSC[C@H]2C(N)=O)c(-c2ccc(F)cc2)s1. The van der Waals surface area contributed by atoms with Gasteiger partial charge in [-0.25, -0.2) is 9.37 Å². The Morgan fingerprint density at radius 1 is 1.35 bits per heavy atom. The van der Waals surface area contributed by atoms with Crippen molar-refractivity contribution < 1.29 is 14.0 Å². The predicted molar refractivity (Wildman–Crippen MR) is 88.7 cm³/mol. The van der Waals surface area contributed by atoms with Gasteiger partial charge in [0.05, 0.1) is 15.8 Å². The Bertz CT molecular complexity index is 761. The molecule has 3 rings (SSSR count). The molecule has 1 fully saturated rings. The lowest BCUT2D eigenvalue weighted by molar-refractivity contribution is -0.121. The molecule has 2 N–H and O–H groups in total. The summed E-state index contributed by atoms with van der Waals surface area (Å²) in [5.74, 6) is -0.268. The van der Waals surface area contributed by atoms with Gasteiger partial charge in [-0.15, -0.1) is 23.1 Å². The average molecular weight is 351 g/mol. The smallest absolute Gasteiger partial charge is 0.275 e. The summed E-state index contributed by atoms with van der Waals surface area (Å²) in [5.41, 5.74) is 6.38. The van der Waals surface area contributed by atoms with Crippen LogP contribution in [0.1, 0.15) is 15.5 Å². The van der Waals surface area contributed by atoms with Gasteiger partial charge >= 0.3 is 0 Å². The normalized spacial score (nSPS) is 17.5. The van der Waals surface area contributed by atoms with Crippen molar-refractivity contribution in [3.05, 3.63) is 40.8 Å². The number of hydrogen-bond donors (Lipinski definition) is 1. The van der Waals surface area contributed by atoms with Crippen LogP contribution in [0.2, 0.25) is 0 Å². The quantitative estimate of drug-likeness (QED) is 0.920. The first-order chi connectivity index (χ1) is 11.0. The second-order valence-electron chi connectivity index (χ2n) is 5.11. The van der Waals surface area contributed by atoms with Gasteiger partial charge in [-0.3, -0.25) is 9.59 Å². The summed E-state index contributed by atoms with van der Waals surface area (Å²) >= 11 is 2.85. The minimum atomic E-state index is -0.615. The Labute approximate surface area is 140 Å². The highest BCUT2D eigenvalue weighted by Crippen LogP contribution is 2.33. The van der Waals surface area contributed by atoms with Crippen molar-refractivity contribution in [1.82, 2.24) is 9.88 Å². The van der Waals surface area contributed by atoms with Crippen LogP contribution in [-0.4, -0.2) is 39.4 Å². The third kappa shape index (κ3) is 3.09. The van der Waals surface area contributed by atoms with Crippen LogP contribution in [0.15, 0.2) is 24.3 Å². The molecule has 1 aliphatic rings. The number of hydrogen-bond acceptors (Lipinski definition) is 5. The van der Waals surface area contributed by atoms with E-state index in [4.69, 9.17) is 5.73 Å². The Hall–Kier alpha value is -1.93. The van der Waals surface area contributed by atoms with E-state index in [1.54, 1.807) is 19.1 Å². The molecule has 8 heteroatoms. The van der Waals surface area contributed by atoms with Crippen LogP contribution in [0.4, 0.5) is 4.39 Å². The van der Waals surface area contributed by atoms with Gasteiger partial charge in [0.25, 0.3) is 5.91 Å². The fourth-order valence-electron chi connectivity index (χ4n) is 2.38. The van der Waals surface area contributed by atoms with Crippen LogP contribution in [0.3, 0.4) is 0 Å². The van der Waals surface area contributed by atoms with Gasteiger partial charge in [0, 0.05) is 5.75 Å². The highest BCUT2D eigenvalue weighted by atomic mass is 32.2. The highest BCUT2D eigenvalue weighted by molar-refractivity contribution is 7.99. The molecule has 0 radical (unpaired) electrons. The van der Waals surface area contributed by atoms with Gasteiger partial charge in [0.2, 0.25) is 5.91 Å². The number of aryl methyl sites for hydroxylation is 1. The maximum Gasteiger partial charge on any atom is 0.275 e. The third-order valence-electron chi connectivity index (χ3n) is 3.51. The molecule has 2 heterocycles. The molecule has 1 aromatic carbocycles. The molecule has 1 saturated heterocycles. The van der Waals surface area contributed by atoms with Gasteiger partial charge in [-0.2, -0.15) is 0 Å². The zero-order chi connectivity index (χ0) is 16.6. The summed E-state index contributed by atoms with van der Waals surface area (Å²) in [7, 11) is 0. The van der Waals surface area contributed by atoms with Crippen LogP contribution in [0.25, 0.3) is 10.4 Å². The van der Waals surface area contributed by atoms with Gasteiger partial charge in [-0.1, -0.05) is 12.1 Å². The first kappa shape index (κ1) is 15.9. The largest absolute Gasteiger partial charge is 0.368 e. The number of halogens is 1. The molecule has 23 heavy (non-hydrogen) atoms. The summed E-state index contributed by atoms with van der Waals surface area (Å²) < 4.78 is 13.1. The van der Waals surface area contributed by atoms with Crippen molar-refractivity contribution in [3.8, 4) is 10.4 Å². The Balaban J connectivity index is 1.98. The summed E-state index contributed by atoms with van der Waals surface area (Å²) in [6, 6.07) is 5.30. The number of aromatic nitrogens is 1.